The van der Waals surface area contributed by atoms with Crippen molar-refractivity contribution >= 4 is 5.97 Å². The standard InChI is InChI=1S/C33H56O4/c1-5-23-28-19-22(34)15-17-33(28,4)27-16-18-32(3)25(13-14-26(32)29(27)30(23)35)20(2)9-8-11-21-10-6-7-12-24(21)31(36)37/h20-30,34-35H,5-19H2,1-4H3,(H,36,37)/t20-,21?,22-,23-,24?,25-,26?,27?,28+,29?,30-,32-,33-/m1/s1. The Labute approximate surface area is 226 Å². The van der Waals surface area contributed by atoms with Gasteiger partial charge in [0.1, 0.15) is 0 Å². The Morgan fingerprint density at radius 1 is 0.919 bits per heavy atom. The lowest BCUT2D eigenvalue weighted by Gasteiger charge is -2.64. The maximum Gasteiger partial charge on any atom is 0.306 e. The zero-order valence-electron chi connectivity index (χ0n) is 24.2. The molecule has 4 heteroatoms. The lowest BCUT2D eigenvalue weighted by atomic mass is 9.41. The Kier molecular flexibility index (Phi) is 8.12. The van der Waals surface area contributed by atoms with Gasteiger partial charge in [-0.1, -0.05) is 59.8 Å². The van der Waals surface area contributed by atoms with Gasteiger partial charge in [-0.15, -0.1) is 0 Å². The molecular formula is C33H56O4. The number of rotatable bonds is 7. The van der Waals surface area contributed by atoms with Crippen molar-refractivity contribution in [1.82, 2.24) is 0 Å². The van der Waals surface area contributed by atoms with Crippen LogP contribution in [0.2, 0.25) is 0 Å². The molecule has 4 nitrogen and oxygen atoms in total. The molecule has 0 aromatic heterocycles. The van der Waals surface area contributed by atoms with Crippen molar-refractivity contribution in [1.29, 1.82) is 0 Å². The molecule has 0 saturated heterocycles. The molecule has 0 spiro atoms. The fourth-order valence-electron chi connectivity index (χ4n) is 11.7. The van der Waals surface area contributed by atoms with Crippen LogP contribution >= 0.6 is 0 Å². The number of hydrogen-bond acceptors (Lipinski definition) is 3. The molecule has 37 heavy (non-hydrogen) atoms. The molecule has 0 aliphatic heterocycles. The van der Waals surface area contributed by atoms with E-state index in [9.17, 15) is 20.1 Å². The fraction of sp³-hybridized carbons (Fsp3) is 0.970. The highest BCUT2D eigenvalue weighted by atomic mass is 16.4. The maximum atomic E-state index is 11.9. The Bertz CT molecular complexity index is 812. The van der Waals surface area contributed by atoms with Gasteiger partial charge in [0.05, 0.1) is 18.1 Å². The van der Waals surface area contributed by atoms with Gasteiger partial charge in [-0.2, -0.15) is 0 Å². The zero-order valence-corrected chi connectivity index (χ0v) is 24.2. The van der Waals surface area contributed by atoms with Gasteiger partial charge in [-0.05, 0) is 122 Å². The Balaban J connectivity index is 1.27. The summed E-state index contributed by atoms with van der Waals surface area (Å²) < 4.78 is 0. The van der Waals surface area contributed by atoms with Crippen molar-refractivity contribution in [3.63, 3.8) is 0 Å². The van der Waals surface area contributed by atoms with Crippen LogP contribution in [0.1, 0.15) is 124 Å². The highest BCUT2D eigenvalue weighted by molar-refractivity contribution is 5.70. The van der Waals surface area contributed by atoms with Gasteiger partial charge in [0.2, 0.25) is 0 Å². The predicted octanol–water partition coefficient (Wildman–Crippen LogP) is 7.31. The number of fused-ring (bicyclic) bond motifs is 5. The molecule has 5 unspecified atom stereocenters. The maximum absolute atomic E-state index is 11.9. The number of carboxylic acid groups (broad SMARTS) is 1. The minimum absolute atomic E-state index is 0.113. The minimum Gasteiger partial charge on any atom is -0.481 e. The smallest absolute Gasteiger partial charge is 0.306 e. The largest absolute Gasteiger partial charge is 0.481 e. The average Bonchev–Trinajstić information content (AvgIpc) is 3.22. The first-order chi connectivity index (χ1) is 17.6. The van der Waals surface area contributed by atoms with Crippen molar-refractivity contribution in [2.45, 2.75) is 136 Å². The number of carbonyl (C=O) groups is 1. The topological polar surface area (TPSA) is 77.8 Å². The molecular weight excluding hydrogens is 460 g/mol. The third-order valence-electron chi connectivity index (χ3n) is 13.6. The molecule has 0 heterocycles. The van der Waals surface area contributed by atoms with Crippen LogP contribution in [0.4, 0.5) is 0 Å². The molecule has 212 valence electrons. The van der Waals surface area contributed by atoms with Crippen molar-refractivity contribution in [2.24, 2.45) is 64.1 Å². The summed E-state index contributed by atoms with van der Waals surface area (Å²) in [6, 6.07) is 0. The van der Waals surface area contributed by atoms with E-state index in [-0.39, 0.29) is 23.5 Å². The van der Waals surface area contributed by atoms with Crippen LogP contribution in [-0.4, -0.2) is 33.5 Å². The lowest BCUT2D eigenvalue weighted by Crippen LogP contribution is -2.62. The number of aliphatic hydroxyl groups is 2. The molecule has 3 N–H and O–H groups in total. The molecule has 5 aliphatic carbocycles. The van der Waals surface area contributed by atoms with E-state index in [1.54, 1.807) is 0 Å². The van der Waals surface area contributed by atoms with E-state index >= 15 is 0 Å². The second kappa shape index (κ2) is 10.8. The summed E-state index contributed by atoms with van der Waals surface area (Å²) in [6.45, 7) is 9.85. The van der Waals surface area contributed by atoms with E-state index < -0.39 is 5.97 Å². The van der Waals surface area contributed by atoms with E-state index in [2.05, 4.69) is 27.7 Å². The molecule has 13 atom stereocenters. The van der Waals surface area contributed by atoms with Crippen molar-refractivity contribution in [2.75, 3.05) is 0 Å². The van der Waals surface area contributed by atoms with E-state index in [0.29, 0.717) is 46.8 Å². The van der Waals surface area contributed by atoms with Crippen molar-refractivity contribution in [3.8, 4) is 0 Å². The first kappa shape index (κ1) is 27.9. The van der Waals surface area contributed by atoms with Gasteiger partial charge in [-0.3, -0.25) is 4.79 Å². The van der Waals surface area contributed by atoms with Gasteiger partial charge in [-0.25, -0.2) is 0 Å². The second-order valence-corrected chi connectivity index (χ2v) is 15.0. The van der Waals surface area contributed by atoms with Crippen LogP contribution in [-0.2, 0) is 4.79 Å². The summed E-state index contributed by atoms with van der Waals surface area (Å²) in [7, 11) is 0. The van der Waals surface area contributed by atoms with Crippen LogP contribution in [0.15, 0.2) is 0 Å². The second-order valence-electron chi connectivity index (χ2n) is 15.0. The summed E-state index contributed by atoms with van der Waals surface area (Å²) >= 11 is 0. The van der Waals surface area contributed by atoms with Gasteiger partial charge in [0.15, 0.2) is 0 Å². The third kappa shape index (κ3) is 4.72. The van der Waals surface area contributed by atoms with Crippen molar-refractivity contribution in [3.05, 3.63) is 0 Å². The molecule has 5 saturated carbocycles. The zero-order chi connectivity index (χ0) is 26.5. The van der Waals surface area contributed by atoms with Crippen molar-refractivity contribution < 1.29 is 20.1 Å². The summed E-state index contributed by atoms with van der Waals surface area (Å²) in [5.41, 5.74) is 0.598. The summed E-state index contributed by atoms with van der Waals surface area (Å²) in [6.07, 6.45) is 16.5. The average molecular weight is 517 g/mol. The lowest BCUT2D eigenvalue weighted by molar-refractivity contribution is -0.203. The Morgan fingerprint density at radius 3 is 2.35 bits per heavy atom. The minimum atomic E-state index is -0.569. The summed E-state index contributed by atoms with van der Waals surface area (Å²) in [5, 5.41) is 32.1. The predicted molar refractivity (Wildman–Crippen MR) is 148 cm³/mol. The number of hydrogen-bond donors (Lipinski definition) is 3. The van der Waals surface area contributed by atoms with Gasteiger partial charge >= 0.3 is 5.97 Å². The van der Waals surface area contributed by atoms with Crippen LogP contribution < -0.4 is 0 Å². The fourth-order valence-corrected chi connectivity index (χ4v) is 11.7. The molecule has 0 aromatic carbocycles. The van der Waals surface area contributed by atoms with E-state index in [0.717, 1.165) is 57.3 Å². The summed E-state index contributed by atoms with van der Waals surface area (Å²) in [4.78, 5) is 11.8. The van der Waals surface area contributed by atoms with E-state index in [1.807, 2.05) is 0 Å². The quantitative estimate of drug-likeness (QED) is 0.331. The Hall–Kier alpha value is -0.610. The first-order valence-corrected chi connectivity index (χ1v) is 16.2. The third-order valence-corrected chi connectivity index (χ3v) is 13.6. The highest BCUT2D eigenvalue weighted by Gasteiger charge is 2.64. The molecule has 5 aliphatic rings. The number of aliphatic hydroxyl groups excluding tert-OH is 2. The molecule has 0 bridgehead atoms. The molecule has 0 amide bonds. The molecule has 0 radical (unpaired) electrons. The van der Waals surface area contributed by atoms with Gasteiger partial charge in [0, 0.05) is 0 Å². The van der Waals surface area contributed by atoms with Gasteiger partial charge < -0.3 is 15.3 Å². The normalized spacial score (nSPS) is 50.5. The first-order valence-electron chi connectivity index (χ1n) is 16.2. The summed E-state index contributed by atoms with van der Waals surface area (Å²) in [5.74, 6) is 3.56. The van der Waals surface area contributed by atoms with Crippen LogP contribution in [0.5, 0.6) is 0 Å². The number of carboxylic acids is 1. The van der Waals surface area contributed by atoms with Crippen LogP contribution in [0, 0.1) is 64.1 Å². The SMILES string of the molecule is CC[C@H]1[C@@H](O)C2C3CC[C@H]([C@H](C)CCCC4CCCCC4C(=O)O)[C@@]3(C)CCC2[C@@]2(C)CC[C@@H](O)C[C@@H]12. The number of aliphatic carboxylic acids is 1. The molecule has 5 rings (SSSR count). The van der Waals surface area contributed by atoms with Crippen LogP contribution in [0.25, 0.3) is 0 Å². The van der Waals surface area contributed by atoms with Gasteiger partial charge in [0.25, 0.3) is 0 Å². The molecule has 0 aromatic rings. The van der Waals surface area contributed by atoms with E-state index in [4.69, 9.17) is 0 Å². The Morgan fingerprint density at radius 2 is 1.62 bits per heavy atom. The monoisotopic (exact) mass is 516 g/mol. The van der Waals surface area contributed by atoms with Crippen LogP contribution in [0.3, 0.4) is 0 Å². The molecule has 5 fully saturated rings. The van der Waals surface area contributed by atoms with E-state index in [1.165, 1.54) is 44.9 Å². The highest BCUT2D eigenvalue weighted by Crippen LogP contribution is 2.69.